The van der Waals surface area contributed by atoms with Gasteiger partial charge in [-0.2, -0.15) is 5.10 Å². The monoisotopic (exact) mass is 168 g/mol. The lowest BCUT2D eigenvalue weighted by Gasteiger charge is -1.99. The van der Waals surface area contributed by atoms with Crippen LogP contribution in [0.4, 0.5) is 5.69 Å². The SMILES string of the molecule is NC(=O)Cn1ncc(N)cc1=O. The Kier molecular flexibility index (Phi) is 2.09. The largest absolute Gasteiger partial charge is 0.397 e. The number of carbonyl (C=O) groups excluding carboxylic acids is 1. The molecule has 0 aliphatic carbocycles. The standard InChI is InChI=1S/C6H8N4O2/c7-4-1-6(12)10(9-2-4)3-5(8)11/h1-2H,3,7H2,(H2,8,11). The summed E-state index contributed by atoms with van der Waals surface area (Å²) < 4.78 is 0.943. The molecule has 0 aromatic carbocycles. The Morgan fingerprint density at radius 2 is 2.33 bits per heavy atom. The van der Waals surface area contributed by atoms with E-state index in [2.05, 4.69) is 5.10 Å². The van der Waals surface area contributed by atoms with Gasteiger partial charge in [-0.25, -0.2) is 4.68 Å². The van der Waals surface area contributed by atoms with Crippen LogP contribution in [-0.2, 0) is 11.3 Å². The van der Waals surface area contributed by atoms with Crippen LogP contribution in [0.1, 0.15) is 0 Å². The molecular weight excluding hydrogens is 160 g/mol. The summed E-state index contributed by atoms with van der Waals surface area (Å²) in [6, 6.07) is 1.18. The highest BCUT2D eigenvalue weighted by Crippen LogP contribution is 1.89. The van der Waals surface area contributed by atoms with Crippen molar-refractivity contribution in [1.82, 2.24) is 9.78 Å². The Hall–Kier alpha value is -1.85. The van der Waals surface area contributed by atoms with Crippen molar-refractivity contribution in [3.05, 3.63) is 22.6 Å². The quantitative estimate of drug-likeness (QED) is 0.549. The van der Waals surface area contributed by atoms with Gasteiger partial charge in [-0.3, -0.25) is 9.59 Å². The number of hydrogen-bond donors (Lipinski definition) is 2. The van der Waals surface area contributed by atoms with Crippen LogP contribution < -0.4 is 17.0 Å². The highest BCUT2D eigenvalue weighted by molar-refractivity contribution is 5.73. The molecule has 0 fully saturated rings. The summed E-state index contributed by atoms with van der Waals surface area (Å²) in [4.78, 5) is 21.4. The van der Waals surface area contributed by atoms with Gasteiger partial charge >= 0.3 is 0 Å². The van der Waals surface area contributed by atoms with Crippen molar-refractivity contribution < 1.29 is 4.79 Å². The molecule has 0 radical (unpaired) electrons. The molecule has 0 aliphatic rings. The topological polar surface area (TPSA) is 104 Å². The second-order valence-electron chi connectivity index (χ2n) is 2.25. The van der Waals surface area contributed by atoms with Crippen molar-refractivity contribution in [2.75, 3.05) is 5.73 Å². The lowest BCUT2D eigenvalue weighted by Crippen LogP contribution is -2.29. The van der Waals surface area contributed by atoms with Crippen molar-refractivity contribution >= 4 is 11.6 Å². The lowest BCUT2D eigenvalue weighted by molar-refractivity contribution is -0.118. The minimum absolute atomic E-state index is 0.223. The zero-order chi connectivity index (χ0) is 9.14. The minimum atomic E-state index is -0.616. The third kappa shape index (κ3) is 1.82. The third-order valence-corrected chi connectivity index (χ3v) is 1.20. The van der Waals surface area contributed by atoms with E-state index in [0.29, 0.717) is 0 Å². The molecule has 4 N–H and O–H groups in total. The number of carbonyl (C=O) groups is 1. The number of amides is 1. The number of aromatic nitrogens is 2. The van der Waals surface area contributed by atoms with Gasteiger partial charge in [0.2, 0.25) is 5.91 Å². The van der Waals surface area contributed by atoms with Crippen LogP contribution in [0.2, 0.25) is 0 Å². The lowest BCUT2D eigenvalue weighted by atomic mass is 10.5. The van der Waals surface area contributed by atoms with Crippen LogP contribution in [0.25, 0.3) is 0 Å². The summed E-state index contributed by atoms with van der Waals surface area (Å²) >= 11 is 0. The molecule has 0 atom stereocenters. The first-order valence-electron chi connectivity index (χ1n) is 3.20. The highest BCUT2D eigenvalue weighted by Gasteiger charge is 2.00. The summed E-state index contributed by atoms with van der Waals surface area (Å²) in [5.41, 5.74) is 9.96. The number of hydrogen-bond acceptors (Lipinski definition) is 4. The molecule has 1 aromatic rings. The van der Waals surface area contributed by atoms with Crippen molar-refractivity contribution in [1.29, 1.82) is 0 Å². The summed E-state index contributed by atoms with van der Waals surface area (Å²) in [5.74, 6) is -0.616. The van der Waals surface area contributed by atoms with Crippen LogP contribution in [0.3, 0.4) is 0 Å². The summed E-state index contributed by atoms with van der Waals surface area (Å²) in [7, 11) is 0. The fraction of sp³-hybridized carbons (Fsp3) is 0.167. The molecule has 12 heavy (non-hydrogen) atoms. The molecule has 0 aliphatic heterocycles. The van der Waals surface area contributed by atoms with Crippen LogP contribution in [0.15, 0.2) is 17.1 Å². The van der Waals surface area contributed by atoms with Crippen LogP contribution in [-0.4, -0.2) is 15.7 Å². The van der Waals surface area contributed by atoms with Crippen LogP contribution >= 0.6 is 0 Å². The molecular formula is C6H8N4O2. The molecule has 0 unspecified atom stereocenters. The van der Waals surface area contributed by atoms with Gasteiger partial charge in [0.25, 0.3) is 5.56 Å². The molecule has 0 saturated carbocycles. The van der Waals surface area contributed by atoms with E-state index in [0.717, 1.165) is 4.68 Å². The Morgan fingerprint density at radius 1 is 1.67 bits per heavy atom. The summed E-state index contributed by atoms with van der Waals surface area (Å²) in [6.07, 6.45) is 1.28. The minimum Gasteiger partial charge on any atom is -0.397 e. The van der Waals surface area contributed by atoms with Crippen molar-refractivity contribution in [2.45, 2.75) is 6.54 Å². The Labute approximate surface area is 67.8 Å². The number of nitrogen functional groups attached to an aromatic ring is 1. The van der Waals surface area contributed by atoms with Crippen molar-refractivity contribution in [3.63, 3.8) is 0 Å². The highest BCUT2D eigenvalue weighted by atomic mass is 16.2. The third-order valence-electron chi connectivity index (χ3n) is 1.20. The average Bonchev–Trinajstić information content (AvgIpc) is 1.94. The van der Waals surface area contributed by atoms with E-state index in [-0.39, 0.29) is 12.2 Å². The van der Waals surface area contributed by atoms with E-state index in [4.69, 9.17) is 11.5 Å². The van der Waals surface area contributed by atoms with Crippen molar-refractivity contribution in [3.8, 4) is 0 Å². The fourth-order valence-electron chi connectivity index (χ4n) is 0.714. The number of nitrogens with zero attached hydrogens (tertiary/aromatic N) is 2. The zero-order valence-corrected chi connectivity index (χ0v) is 6.23. The molecule has 6 nitrogen and oxygen atoms in total. The molecule has 64 valence electrons. The first kappa shape index (κ1) is 8.25. The molecule has 1 aromatic heterocycles. The Bertz CT molecular complexity index is 357. The Morgan fingerprint density at radius 3 is 2.83 bits per heavy atom. The average molecular weight is 168 g/mol. The van der Waals surface area contributed by atoms with E-state index in [1.54, 1.807) is 0 Å². The maximum atomic E-state index is 11.0. The van der Waals surface area contributed by atoms with Crippen LogP contribution in [0, 0.1) is 0 Å². The van der Waals surface area contributed by atoms with E-state index in [1.807, 2.05) is 0 Å². The molecule has 1 rings (SSSR count). The van der Waals surface area contributed by atoms with Gasteiger partial charge < -0.3 is 11.5 Å². The van der Waals surface area contributed by atoms with E-state index in [1.165, 1.54) is 12.3 Å². The zero-order valence-electron chi connectivity index (χ0n) is 6.23. The van der Waals surface area contributed by atoms with Gasteiger partial charge in [0.15, 0.2) is 0 Å². The maximum absolute atomic E-state index is 11.0. The molecule has 0 saturated heterocycles. The van der Waals surface area contributed by atoms with Gasteiger partial charge in [0, 0.05) is 6.07 Å². The van der Waals surface area contributed by atoms with Crippen molar-refractivity contribution in [2.24, 2.45) is 5.73 Å². The predicted molar refractivity (Wildman–Crippen MR) is 42.1 cm³/mol. The second kappa shape index (κ2) is 3.04. The first-order valence-corrected chi connectivity index (χ1v) is 3.20. The summed E-state index contributed by atoms with van der Waals surface area (Å²) in [6.45, 7) is -0.223. The van der Waals surface area contributed by atoms with E-state index < -0.39 is 11.5 Å². The molecule has 0 bridgehead atoms. The summed E-state index contributed by atoms with van der Waals surface area (Å²) in [5, 5.41) is 3.60. The van der Waals surface area contributed by atoms with Gasteiger partial charge in [-0.15, -0.1) is 0 Å². The molecule has 0 spiro atoms. The van der Waals surface area contributed by atoms with Gasteiger partial charge in [-0.05, 0) is 0 Å². The molecule has 1 amide bonds. The smallest absolute Gasteiger partial charge is 0.269 e. The predicted octanol–water partition coefficient (Wildman–Crippen LogP) is -1.69. The fourth-order valence-corrected chi connectivity index (χ4v) is 0.714. The Balaban J connectivity index is 3.02. The number of nitrogens with two attached hydrogens (primary N) is 2. The normalized spacial score (nSPS) is 9.67. The van der Waals surface area contributed by atoms with E-state index in [9.17, 15) is 9.59 Å². The van der Waals surface area contributed by atoms with E-state index >= 15 is 0 Å². The van der Waals surface area contributed by atoms with Crippen LogP contribution in [0.5, 0.6) is 0 Å². The number of anilines is 1. The number of rotatable bonds is 2. The first-order chi connectivity index (χ1) is 5.59. The maximum Gasteiger partial charge on any atom is 0.269 e. The molecule has 6 heteroatoms. The van der Waals surface area contributed by atoms with Gasteiger partial charge in [-0.1, -0.05) is 0 Å². The molecule has 1 heterocycles. The number of primary amides is 1. The second-order valence-corrected chi connectivity index (χ2v) is 2.25. The van der Waals surface area contributed by atoms with Gasteiger partial charge in [0.05, 0.1) is 11.9 Å². The van der Waals surface area contributed by atoms with Gasteiger partial charge in [0.1, 0.15) is 6.54 Å².